The number of fused-ring (bicyclic) bond motifs is 1. The van der Waals surface area contributed by atoms with Gasteiger partial charge in [0.1, 0.15) is 6.61 Å². The average molecular weight is 381 g/mol. The molecule has 1 aliphatic heterocycles. The Bertz CT molecular complexity index is 893. The molecule has 0 saturated carbocycles. The van der Waals surface area contributed by atoms with E-state index in [-0.39, 0.29) is 24.3 Å². The van der Waals surface area contributed by atoms with E-state index in [1.54, 1.807) is 35.2 Å². The second-order valence-corrected chi connectivity index (χ2v) is 6.51. The third-order valence-electron chi connectivity index (χ3n) is 4.54. The standard InChI is InChI=1S/C21H23N3O4/c1-3-20(26)24-11-10-14-12-15(4-9-18(14)24)21(27)23-17-7-5-16(6-8-17)22-19(25)13-28-2/h4-9,12H,3,10-11,13H2,1-2H3,(H,22,25)(H,23,27). The number of ether oxygens (including phenoxy) is 1. The van der Waals surface area contributed by atoms with E-state index in [1.807, 2.05) is 19.1 Å². The van der Waals surface area contributed by atoms with Crippen LogP contribution >= 0.6 is 0 Å². The summed E-state index contributed by atoms with van der Waals surface area (Å²) in [7, 11) is 1.45. The highest BCUT2D eigenvalue weighted by Gasteiger charge is 2.24. The first-order valence-corrected chi connectivity index (χ1v) is 9.15. The van der Waals surface area contributed by atoms with Gasteiger partial charge in [0.25, 0.3) is 5.91 Å². The number of hydrogen-bond acceptors (Lipinski definition) is 4. The van der Waals surface area contributed by atoms with Gasteiger partial charge < -0.3 is 20.3 Å². The Labute approximate surface area is 163 Å². The van der Waals surface area contributed by atoms with Crippen molar-refractivity contribution in [1.29, 1.82) is 0 Å². The Hall–Kier alpha value is -3.19. The summed E-state index contributed by atoms with van der Waals surface area (Å²) in [5, 5.41) is 5.54. The smallest absolute Gasteiger partial charge is 0.255 e. The summed E-state index contributed by atoms with van der Waals surface area (Å²) < 4.78 is 4.77. The van der Waals surface area contributed by atoms with Gasteiger partial charge in [-0.2, -0.15) is 0 Å². The third-order valence-corrected chi connectivity index (χ3v) is 4.54. The molecule has 146 valence electrons. The van der Waals surface area contributed by atoms with Crippen LogP contribution < -0.4 is 15.5 Å². The van der Waals surface area contributed by atoms with E-state index in [4.69, 9.17) is 4.74 Å². The molecule has 0 radical (unpaired) electrons. The Morgan fingerprint density at radius 2 is 1.71 bits per heavy atom. The number of anilines is 3. The zero-order valence-electron chi connectivity index (χ0n) is 16.0. The van der Waals surface area contributed by atoms with Crippen LogP contribution in [0.25, 0.3) is 0 Å². The molecule has 0 fully saturated rings. The van der Waals surface area contributed by atoms with Crippen molar-refractivity contribution < 1.29 is 19.1 Å². The Balaban J connectivity index is 1.65. The van der Waals surface area contributed by atoms with Gasteiger partial charge in [-0.15, -0.1) is 0 Å². The molecule has 0 aromatic heterocycles. The molecule has 7 nitrogen and oxygen atoms in total. The zero-order valence-corrected chi connectivity index (χ0v) is 16.0. The van der Waals surface area contributed by atoms with Crippen LogP contribution in [0.2, 0.25) is 0 Å². The predicted molar refractivity (Wildman–Crippen MR) is 108 cm³/mol. The van der Waals surface area contributed by atoms with E-state index in [2.05, 4.69) is 10.6 Å². The highest BCUT2D eigenvalue weighted by molar-refractivity contribution is 6.05. The molecule has 0 saturated heterocycles. The van der Waals surface area contributed by atoms with Crippen molar-refractivity contribution in [2.75, 3.05) is 35.8 Å². The molecular formula is C21H23N3O4. The minimum atomic E-state index is -0.243. The Morgan fingerprint density at radius 3 is 2.36 bits per heavy atom. The first-order chi connectivity index (χ1) is 13.5. The SMILES string of the molecule is CCC(=O)N1CCc2cc(C(=O)Nc3ccc(NC(=O)COC)cc3)ccc21. The predicted octanol–water partition coefficient (Wildman–Crippen LogP) is 2.82. The molecule has 1 heterocycles. The van der Waals surface area contributed by atoms with Crippen molar-refractivity contribution in [3.63, 3.8) is 0 Å². The highest BCUT2D eigenvalue weighted by Crippen LogP contribution is 2.29. The number of hydrogen-bond donors (Lipinski definition) is 2. The molecule has 2 aromatic rings. The lowest BCUT2D eigenvalue weighted by molar-refractivity contribution is -0.120. The van der Waals surface area contributed by atoms with Crippen molar-refractivity contribution in [2.24, 2.45) is 0 Å². The minimum Gasteiger partial charge on any atom is -0.375 e. The van der Waals surface area contributed by atoms with Gasteiger partial charge in [-0.05, 0) is 54.4 Å². The van der Waals surface area contributed by atoms with E-state index in [0.717, 1.165) is 17.7 Å². The van der Waals surface area contributed by atoms with Gasteiger partial charge in [-0.1, -0.05) is 6.92 Å². The van der Waals surface area contributed by atoms with Crippen LogP contribution in [-0.2, 0) is 20.7 Å². The Morgan fingerprint density at radius 1 is 1.04 bits per heavy atom. The monoisotopic (exact) mass is 381 g/mol. The second kappa shape index (κ2) is 8.67. The number of nitrogens with zero attached hydrogens (tertiary/aromatic N) is 1. The van der Waals surface area contributed by atoms with Gasteiger partial charge in [0, 0.05) is 42.7 Å². The summed E-state index contributed by atoms with van der Waals surface area (Å²) in [6, 6.07) is 12.3. The average Bonchev–Trinajstić information content (AvgIpc) is 3.12. The van der Waals surface area contributed by atoms with Crippen molar-refractivity contribution in [2.45, 2.75) is 19.8 Å². The summed E-state index contributed by atoms with van der Waals surface area (Å²) >= 11 is 0. The first-order valence-electron chi connectivity index (χ1n) is 9.15. The van der Waals surface area contributed by atoms with Crippen LogP contribution in [0.3, 0.4) is 0 Å². The molecule has 0 bridgehead atoms. The maximum absolute atomic E-state index is 12.6. The molecule has 0 spiro atoms. The normalized spacial score (nSPS) is 12.4. The molecule has 1 aliphatic rings. The van der Waals surface area contributed by atoms with Crippen molar-refractivity contribution in [3.05, 3.63) is 53.6 Å². The quantitative estimate of drug-likeness (QED) is 0.805. The van der Waals surface area contributed by atoms with Crippen molar-refractivity contribution >= 4 is 34.8 Å². The number of carbonyl (C=O) groups is 3. The number of carbonyl (C=O) groups excluding carboxylic acids is 3. The van der Waals surface area contributed by atoms with Gasteiger partial charge in [0.2, 0.25) is 11.8 Å². The third kappa shape index (κ3) is 4.37. The molecule has 7 heteroatoms. The van der Waals surface area contributed by atoms with Crippen LogP contribution in [0.5, 0.6) is 0 Å². The minimum absolute atomic E-state index is 0.0158. The lowest BCUT2D eigenvalue weighted by Gasteiger charge is -2.16. The molecule has 2 N–H and O–H groups in total. The highest BCUT2D eigenvalue weighted by atomic mass is 16.5. The fraction of sp³-hybridized carbons (Fsp3) is 0.286. The number of nitrogens with one attached hydrogen (secondary N) is 2. The second-order valence-electron chi connectivity index (χ2n) is 6.51. The van der Waals surface area contributed by atoms with Gasteiger partial charge in [-0.25, -0.2) is 0 Å². The van der Waals surface area contributed by atoms with Crippen LogP contribution in [0.15, 0.2) is 42.5 Å². The topological polar surface area (TPSA) is 87.7 Å². The lowest BCUT2D eigenvalue weighted by atomic mass is 10.1. The lowest BCUT2D eigenvalue weighted by Crippen LogP contribution is -2.27. The van der Waals surface area contributed by atoms with Gasteiger partial charge in [0.05, 0.1) is 0 Å². The number of benzene rings is 2. The molecule has 0 unspecified atom stereocenters. The molecule has 28 heavy (non-hydrogen) atoms. The van der Waals surface area contributed by atoms with E-state index in [9.17, 15) is 14.4 Å². The number of rotatable bonds is 6. The largest absolute Gasteiger partial charge is 0.375 e. The van der Waals surface area contributed by atoms with Gasteiger partial charge >= 0.3 is 0 Å². The van der Waals surface area contributed by atoms with Gasteiger partial charge in [-0.3, -0.25) is 14.4 Å². The molecule has 2 aromatic carbocycles. The fourth-order valence-electron chi connectivity index (χ4n) is 3.16. The molecular weight excluding hydrogens is 358 g/mol. The number of amides is 3. The van der Waals surface area contributed by atoms with E-state index in [1.165, 1.54) is 7.11 Å². The maximum atomic E-state index is 12.6. The maximum Gasteiger partial charge on any atom is 0.255 e. The molecule has 0 atom stereocenters. The summed E-state index contributed by atoms with van der Waals surface area (Å²) in [6.45, 7) is 2.48. The summed E-state index contributed by atoms with van der Waals surface area (Å²) in [5.41, 5.74) is 3.68. The Kier molecular flexibility index (Phi) is 6.06. The number of methoxy groups -OCH3 is 1. The zero-order chi connectivity index (χ0) is 20.1. The first kappa shape index (κ1) is 19.6. The van der Waals surface area contributed by atoms with E-state index in [0.29, 0.717) is 29.9 Å². The molecule has 3 amide bonds. The van der Waals surface area contributed by atoms with Crippen LogP contribution in [0, 0.1) is 0 Å². The molecule has 3 rings (SSSR count). The molecule has 0 aliphatic carbocycles. The fourth-order valence-corrected chi connectivity index (χ4v) is 3.16. The summed E-state index contributed by atoms with van der Waals surface area (Å²) in [5.74, 6) is -0.374. The van der Waals surface area contributed by atoms with E-state index < -0.39 is 0 Å². The van der Waals surface area contributed by atoms with E-state index >= 15 is 0 Å². The summed E-state index contributed by atoms with van der Waals surface area (Å²) in [4.78, 5) is 37.8. The van der Waals surface area contributed by atoms with Crippen LogP contribution in [-0.4, -0.2) is 38.0 Å². The van der Waals surface area contributed by atoms with Crippen molar-refractivity contribution in [3.8, 4) is 0 Å². The summed E-state index contributed by atoms with van der Waals surface area (Å²) in [6.07, 6.45) is 1.21. The van der Waals surface area contributed by atoms with Crippen LogP contribution in [0.1, 0.15) is 29.3 Å². The van der Waals surface area contributed by atoms with Crippen LogP contribution in [0.4, 0.5) is 17.1 Å². The van der Waals surface area contributed by atoms with Crippen molar-refractivity contribution in [1.82, 2.24) is 0 Å². The van der Waals surface area contributed by atoms with Gasteiger partial charge in [0.15, 0.2) is 0 Å².